The fourth-order valence-corrected chi connectivity index (χ4v) is 1.39. The van der Waals surface area contributed by atoms with Gasteiger partial charge in [0.2, 0.25) is 0 Å². The van der Waals surface area contributed by atoms with E-state index in [0.717, 1.165) is 0 Å². The first kappa shape index (κ1) is 9.92. The van der Waals surface area contributed by atoms with Crippen molar-refractivity contribution in [3.05, 3.63) is 24.0 Å². The van der Waals surface area contributed by atoms with E-state index >= 15 is 0 Å². The Morgan fingerprint density at radius 3 is 3.13 bits per heavy atom. The Bertz CT molecular complexity index is 381. The highest BCUT2D eigenvalue weighted by atomic mass is 19.1. The summed E-state index contributed by atoms with van der Waals surface area (Å²) in [7, 11) is 0. The van der Waals surface area contributed by atoms with Gasteiger partial charge in [0.1, 0.15) is 5.82 Å². The molecule has 0 unspecified atom stereocenters. The van der Waals surface area contributed by atoms with Crippen LogP contribution in [0.15, 0.2) is 23.3 Å². The van der Waals surface area contributed by atoms with Crippen molar-refractivity contribution in [3.8, 4) is 0 Å². The third-order valence-corrected chi connectivity index (χ3v) is 2.11. The summed E-state index contributed by atoms with van der Waals surface area (Å²) in [6, 6.07) is 4.56. The molecule has 0 aliphatic carbocycles. The van der Waals surface area contributed by atoms with E-state index in [1.165, 1.54) is 6.07 Å². The summed E-state index contributed by atoms with van der Waals surface area (Å²) >= 11 is 0. The number of hydrogen-bond acceptors (Lipinski definition) is 4. The van der Waals surface area contributed by atoms with Crippen LogP contribution >= 0.6 is 0 Å². The molecule has 1 aromatic carbocycles. The molecular formula is C10H12FN3O. The van der Waals surface area contributed by atoms with Crippen LogP contribution in [0.25, 0.3) is 0 Å². The molecule has 5 heteroatoms. The van der Waals surface area contributed by atoms with Crippen molar-refractivity contribution in [3.63, 3.8) is 0 Å². The molecule has 0 bridgehead atoms. The SMILES string of the molecule is Nc1ccc(N2CCOCC=N2)c(F)c1. The van der Waals surface area contributed by atoms with Crippen LogP contribution in [0.2, 0.25) is 0 Å². The van der Waals surface area contributed by atoms with E-state index in [4.69, 9.17) is 10.5 Å². The maximum absolute atomic E-state index is 13.5. The van der Waals surface area contributed by atoms with Gasteiger partial charge in [-0.2, -0.15) is 5.10 Å². The quantitative estimate of drug-likeness (QED) is 0.708. The van der Waals surface area contributed by atoms with Gasteiger partial charge < -0.3 is 10.5 Å². The molecule has 4 nitrogen and oxygen atoms in total. The zero-order valence-electron chi connectivity index (χ0n) is 8.19. The number of rotatable bonds is 1. The number of halogens is 1. The molecule has 1 aromatic rings. The normalized spacial score (nSPS) is 16.5. The van der Waals surface area contributed by atoms with Crippen LogP contribution in [0.5, 0.6) is 0 Å². The second-order valence-corrected chi connectivity index (χ2v) is 3.21. The number of nitrogens with two attached hydrogens (primary N) is 1. The highest BCUT2D eigenvalue weighted by molar-refractivity contribution is 5.63. The predicted octanol–water partition coefficient (Wildman–Crippen LogP) is 1.23. The average molecular weight is 209 g/mol. The fraction of sp³-hybridized carbons (Fsp3) is 0.300. The van der Waals surface area contributed by atoms with Gasteiger partial charge in [0, 0.05) is 5.69 Å². The molecule has 15 heavy (non-hydrogen) atoms. The minimum absolute atomic E-state index is 0.367. The molecule has 2 rings (SSSR count). The summed E-state index contributed by atoms with van der Waals surface area (Å²) in [6.45, 7) is 1.54. The number of nitrogen functional groups attached to an aromatic ring is 1. The van der Waals surface area contributed by atoms with Gasteiger partial charge in [-0.3, -0.25) is 5.01 Å². The van der Waals surface area contributed by atoms with Gasteiger partial charge in [0.15, 0.2) is 0 Å². The molecule has 0 amide bonds. The van der Waals surface area contributed by atoms with E-state index in [1.54, 1.807) is 23.4 Å². The minimum atomic E-state index is -0.367. The zero-order chi connectivity index (χ0) is 10.7. The second kappa shape index (κ2) is 4.27. The maximum Gasteiger partial charge on any atom is 0.150 e. The lowest BCUT2D eigenvalue weighted by atomic mass is 10.2. The van der Waals surface area contributed by atoms with Crippen molar-refractivity contribution in [2.24, 2.45) is 5.10 Å². The lowest BCUT2D eigenvalue weighted by molar-refractivity contribution is 0.185. The summed E-state index contributed by atoms with van der Waals surface area (Å²) in [4.78, 5) is 0. The van der Waals surface area contributed by atoms with Crippen LogP contribution in [0.4, 0.5) is 15.8 Å². The summed E-state index contributed by atoms with van der Waals surface area (Å²) < 4.78 is 18.7. The van der Waals surface area contributed by atoms with Crippen LogP contribution < -0.4 is 10.7 Å². The van der Waals surface area contributed by atoms with Crippen LogP contribution in [0, 0.1) is 5.82 Å². The van der Waals surface area contributed by atoms with Gasteiger partial charge in [-0.05, 0) is 18.2 Å². The first-order valence-electron chi connectivity index (χ1n) is 4.70. The van der Waals surface area contributed by atoms with E-state index in [-0.39, 0.29) is 5.82 Å². The molecule has 0 atom stereocenters. The van der Waals surface area contributed by atoms with Gasteiger partial charge in [-0.1, -0.05) is 0 Å². The van der Waals surface area contributed by atoms with Crippen molar-refractivity contribution in [1.82, 2.24) is 0 Å². The smallest absolute Gasteiger partial charge is 0.150 e. The van der Waals surface area contributed by atoms with Gasteiger partial charge in [-0.15, -0.1) is 0 Å². The maximum atomic E-state index is 13.5. The molecule has 0 spiro atoms. The van der Waals surface area contributed by atoms with Gasteiger partial charge in [0.25, 0.3) is 0 Å². The summed E-state index contributed by atoms with van der Waals surface area (Å²) in [5.74, 6) is -0.367. The molecule has 0 radical (unpaired) electrons. The summed E-state index contributed by atoms with van der Waals surface area (Å²) in [5, 5.41) is 5.66. The average Bonchev–Trinajstić information content (AvgIpc) is 2.46. The van der Waals surface area contributed by atoms with E-state index < -0.39 is 0 Å². The Morgan fingerprint density at radius 1 is 1.47 bits per heavy atom. The molecule has 0 saturated carbocycles. The topological polar surface area (TPSA) is 50.8 Å². The van der Waals surface area contributed by atoms with Crippen molar-refractivity contribution in [2.45, 2.75) is 0 Å². The number of anilines is 2. The number of benzene rings is 1. The fourth-order valence-electron chi connectivity index (χ4n) is 1.39. The highest BCUT2D eigenvalue weighted by Crippen LogP contribution is 2.21. The Labute approximate surface area is 87.1 Å². The van der Waals surface area contributed by atoms with Crippen molar-refractivity contribution >= 4 is 17.6 Å². The minimum Gasteiger partial charge on any atom is -0.399 e. The Morgan fingerprint density at radius 2 is 2.33 bits per heavy atom. The highest BCUT2D eigenvalue weighted by Gasteiger charge is 2.11. The standard InChI is InChI=1S/C10H12FN3O/c11-9-7-8(12)1-2-10(9)14-4-6-15-5-3-13-14/h1-3,7H,4-6,12H2. The Hall–Kier alpha value is -1.62. The van der Waals surface area contributed by atoms with Crippen LogP contribution in [-0.4, -0.2) is 26.0 Å². The number of hydrazone groups is 1. The molecule has 80 valence electrons. The number of ether oxygens (including phenoxy) is 1. The molecule has 2 N–H and O–H groups in total. The van der Waals surface area contributed by atoms with Crippen LogP contribution in [0.1, 0.15) is 0 Å². The molecule has 0 saturated heterocycles. The predicted molar refractivity (Wildman–Crippen MR) is 57.5 cm³/mol. The first-order valence-corrected chi connectivity index (χ1v) is 4.70. The third-order valence-electron chi connectivity index (χ3n) is 2.11. The molecule has 0 aromatic heterocycles. The van der Waals surface area contributed by atoms with Gasteiger partial charge in [0.05, 0.1) is 31.7 Å². The largest absolute Gasteiger partial charge is 0.399 e. The van der Waals surface area contributed by atoms with Crippen molar-refractivity contribution in [1.29, 1.82) is 0 Å². The third kappa shape index (κ3) is 2.24. The molecule has 1 heterocycles. The van der Waals surface area contributed by atoms with Crippen LogP contribution in [-0.2, 0) is 4.74 Å². The van der Waals surface area contributed by atoms with Crippen molar-refractivity contribution in [2.75, 3.05) is 30.5 Å². The van der Waals surface area contributed by atoms with Gasteiger partial charge >= 0.3 is 0 Å². The summed E-state index contributed by atoms with van der Waals surface area (Å²) in [5.41, 5.74) is 6.30. The van der Waals surface area contributed by atoms with E-state index in [1.807, 2.05) is 0 Å². The lowest BCUT2D eigenvalue weighted by Gasteiger charge is -2.17. The summed E-state index contributed by atoms with van der Waals surface area (Å²) in [6.07, 6.45) is 1.61. The lowest BCUT2D eigenvalue weighted by Crippen LogP contribution is -2.20. The number of hydrogen-bond donors (Lipinski definition) is 1. The first-order chi connectivity index (χ1) is 7.27. The Kier molecular flexibility index (Phi) is 2.82. The Balaban J connectivity index is 2.27. The molecular weight excluding hydrogens is 197 g/mol. The van der Waals surface area contributed by atoms with E-state index in [9.17, 15) is 4.39 Å². The molecule has 1 aliphatic heterocycles. The van der Waals surface area contributed by atoms with Crippen LogP contribution in [0.3, 0.4) is 0 Å². The zero-order valence-corrected chi connectivity index (χ0v) is 8.19. The molecule has 0 fully saturated rings. The van der Waals surface area contributed by atoms with E-state index in [2.05, 4.69) is 5.10 Å². The van der Waals surface area contributed by atoms with Crippen molar-refractivity contribution < 1.29 is 9.13 Å². The number of nitrogens with zero attached hydrogens (tertiary/aromatic N) is 2. The second-order valence-electron chi connectivity index (χ2n) is 3.21. The monoisotopic (exact) mass is 209 g/mol. The molecule has 1 aliphatic rings. The van der Waals surface area contributed by atoms with Gasteiger partial charge in [-0.25, -0.2) is 4.39 Å². The van der Waals surface area contributed by atoms with E-state index in [0.29, 0.717) is 31.1 Å².